The van der Waals surface area contributed by atoms with E-state index in [0.717, 1.165) is 10.8 Å². The van der Waals surface area contributed by atoms with Crippen LogP contribution < -0.4 is 0 Å². The number of benzene rings is 1. The Bertz CT molecular complexity index is 628. The highest BCUT2D eigenvalue weighted by Gasteiger charge is 2.42. The van der Waals surface area contributed by atoms with Crippen LogP contribution in [0.4, 0.5) is 0 Å². The maximum absolute atomic E-state index is 12.4. The van der Waals surface area contributed by atoms with Crippen molar-refractivity contribution in [3.05, 3.63) is 42.2 Å². The second-order valence-electron chi connectivity index (χ2n) is 5.12. The van der Waals surface area contributed by atoms with Crippen LogP contribution in [-0.4, -0.2) is 39.6 Å². The number of carbonyl (C=O) groups is 1. The molecule has 0 aliphatic carbocycles. The minimum Gasteiger partial charge on any atom is -0.386 e. The number of aromatic nitrogens is 1. The summed E-state index contributed by atoms with van der Waals surface area (Å²) in [6.07, 6.45) is 2.32. The lowest BCUT2D eigenvalue weighted by Gasteiger charge is -2.45. The summed E-state index contributed by atoms with van der Waals surface area (Å²) in [6, 6.07) is 9.60. The van der Waals surface area contributed by atoms with Crippen LogP contribution in [0.2, 0.25) is 0 Å². The summed E-state index contributed by atoms with van der Waals surface area (Å²) in [7, 11) is 0. The van der Waals surface area contributed by atoms with Crippen molar-refractivity contribution in [1.29, 1.82) is 0 Å². The Morgan fingerprint density at radius 2 is 2.11 bits per heavy atom. The third-order valence-electron chi connectivity index (χ3n) is 3.79. The largest absolute Gasteiger partial charge is 0.386 e. The smallest absolute Gasteiger partial charge is 0.273 e. The zero-order valence-corrected chi connectivity index (χ0v) is 10.8. The normalized spacial score (nSPS) is 17.3. The number of fused-ring (bicyclic) bond motifs is 1. The number of likely N-dealkylation sites (tertiary alicyclic amines) is 1. The number of aliphatic hydroxyl groups is 1. The average Bonchev–Trinajstić information content (AvgIpc) is 2.42. The van der Waals surface area contributed by atoms with Crippen molar-refractivity contribution in [2.45, 2.75) is 18.9 Å². The molecule has 1 aromatic heterocycles. The summed E-state index contributed by atoms with van der Waals surface area (Å²) >= 11 is 0. The summed E-state index contributed by atoms with van der Waals surface area (Å²) in [4.78, 5) is 18.3. The molecule has 0 radical (unpaired) electrons. The second-order valence-corrected chi connectivity index (χ2v) is 5.12. The number of pyridine rings is 1. The fourth-order valence-electron chi connectivity index (χ4n) is 2.47. The van der Waals surface area contributed by atoms with E-state index in [0.29, 0.717) is 25.2 Å². The molecule has 0 saturated carbocycles. The Balaban J connectivity index is 1.91. The number of carbonyl (C=O) groups excluding carboxylic acids is 1. The number of hydrogen-bond donors (Lipinski definition) is 1. The van der Waals surface area contributed by atoms with Crippen molar-refractivity contribution >= 4 is 16.7 Å². The topological polar surface area (TPSA) is 53.4 Å². The van der Waals surface area contributed by atoms with E-state index in [1.807, 2.05) is 37.3 Å². The quantitative estimate of drug-likeness (QED) is 0.892. The van der Waals surface area contributed by atoms with Gasteiger partial charge in [0.15, 0.2) is 0 Å². The first-order valence-corrected chi connectivity index (χ1v) is 6.48. The van der Waals surface area contributed by atoms with Crippen LogP contribution in [0.15, 0.2) is 36.5 Å². The molecule has 1 N–H and O–H groups in total. The maximum atomic E-state index is 12.4. The number of hydrogen-bond acceptors (Lipinski definition) is 3. The molecule has 1 amide bonds. The molecule has 1 saturated heterocycles. The minimum atomic E-state index is -0.708. The van der Waals surface area contributed by atoms with E-state index < -0.39 is 5.60 Å². The van der Waals surface area contributed by atoms with Gasteiger partial charge in [-0.25, -0.2) is 0 Å². The Kier molecular flexibility index (Phi) is 2.75. The van der Waals surface area contributed by atoms with Crippen molar-refractivity contribution < 1.29 is 9.90 Å². The van der Waals surface area contributed by atoms with Crippen LogP contribution in [0, 0.1) is 0 Å². The fraction of sp³-hybridized carbons (Fsp3) is 0.333. The molecule has 3 rings (SSSR count). The molecule has 2 aromatic rings. The van der Waals surface area contributed by atoms with E-state index in [4.69, 9.17) is 0 Å². The molecule has 0 unspecified atom stereocenters. The average molecular weight is 256 g/mol. The molecule has 1 aliphatic rings. The molecular formula is C15H16N2O2. The second kappa shape index (κ2) is 4.31. The zero-order valence-electron chi connectivity index (χ0n) is 10.8. The van der Waals surface area contributed by atoms with E-state index in [2.05, 4.69) is 4.98 Å². The first kappa shape index (κ1) is 12.1. The van der Waals surface area contributed by atoms with Gasteiger partial charge in [-0.2, -0.15) is 0 Å². The highest BCUT2D eigenvalue weighted by molar-refractivity contribution is 6.05. The summed E-state index contributed by atoms with van der Waals surface area (Å²) in [5, 5.41) is 11.9. The molecule has 19 heavy (non-hydrogen) atoms. The highest BCUT2D eigenvalue weighted by atomic mass is 16.3. The van der Waals surface area contributed by atoms with Gasteiger partial charge in [0, 0.05) is 11.6 Å². The molecule has 0 bridgehead atoms. The lowest BCUT2D eigenvalue weighted by atomic mass is 9.91. The van der Waals surface area contributed by atoms with Crippen LogP contribution in [-0.2, 0) is 0 Å². The standard InChI is InChI=1S/C15H16N2O2/c1-2-15(19)9-17(10-15)14(18)13-12-6-4-3-5-11(12)7-8-16-13/h3-8,19H,2,9-10H2,1H3. The lowest BCUT2D eigenvalue weighted by Crippen LogP contribution is -2.63. The van der Waals surface area contributed by atoms with Crippen LogP contribution in [0.3, 0.4) is 0 Å². The van der Waals surface area contributed by atoms with Crippen LogP contribution in [0.25, 0.3) is 10.8 Å². The maximum Gasteiger partial charge on any atom is 0.273 e. The summed E-state index contributed by atoms with van der Waals surface area (Å²) < 4.78 is 0. The van der Waals surface area contributed by atoms with Gasteiger partial charge in [-0.1, -0.05) is 31.2 Å². The van der Waals surface area contributed by atoms with E-state index in [1.54, 1.807) is 11.1 Å². The van der Waals surface area contributed by atoms with Crippen molar-refractivity contribution in [3.63, 3.8) is 0 Å². The van der Waals surface area contributed by atoms with Gasteiger partial charge >= 0.3 is 0 Å². The van der Waals surface area contributed by atoms with Gasteiger partial charge in [0.25, 0.3) is 5.91 Å². The highest BCUT2D eigenvalue weighted by Crippen LogP contribution is 2.27. The Labute approximate surface area is 111 Å². The third-order valence-corrected chi connectivity index (χ3v) is 3.79. The van der Waals surface area contributed by atoms with Gasteiger partial charge in [0.05, 0.1) is 18.7 Å². The Hall–Kier alpha value is -1.94. The van der Waals surface area contributed by atoms with E-state index >= 15 is 0 Å². The van der Waals surface area contributed by atoms with Crippen molar-refractivity contribution in [3.8, 4) is 0 Å². The van der Waals surface area contributed by atoms with E-state index in [-0.39, 0.29) is 5.91 Å². The molecule has 2 heterocycles. The van der Waals surface area contributed by atoms with Gasteiger partial charge in [-0.05, 0) is 17.9 Å². The third kappa shape index (κ3) is 1.98. The SMILES string of the molecule is CCC1(O)CN(C(=O)c2nccc3ccccc23)C1. The number of amides is 1. The Morgan fingerprint density at radius 3 is 2.84 bits per heavy atom. The van der Waals surface area contributed by atoms with Gasteiger partial charge in [-0.3, -0.25) is 9.78 Å². The van der Waals surface area contributed by atoms with Gasteiger partial charge in [0.2, 0.25) is 0 Å². The number of rotatable bonds is 2. The van der Waals surface area contributed by atoms with Crippen LogP contribution in [0.1, 0.15) is 23.8 Å². The summed E-state index contributed by atoms with van der Waals surface area (Å²) in [6.45, 7) is 2.72. The van der Waals surface area contributed by atoms with Crippen molar-refractivity contribution in [2.24, 2.45) is 0 Å². The molecule has 4 heteroatoms. The van der Waals surface area contributed by atoms with E-state index in [9.17, 15) is 9.90 Å². The van der Waals surface area contributed by atoms with Gasteiger partial charge in [0.1, 0.15) is 5.69 Å². The molecule has 1 aromatic carbocycles. The summed E-state index contributed by atoms with van der Waals surface area (Å²) in [5.41, 5.74) is -0.239. The Morgan fingerprint density at radius 1 is 1.37 bits per heavy atom. The van der Waals surface area contributed by atoms with Gasteiger partial charge < -0.3 is 10.0 Å². The first-order chi connectivity index (χ1) is 9.13. The van der Waals surface area contributed by atoms with Crippen molar-refractivity contribution in [1.82, 2.24) is 9.88 Å². The van der Waals surface area contributed by atoms with Gasteiger partial charge in [-0.15, -0.1) is 0 Å². The molecule has 1 fully saturated rings. The number of β-amino-alcohol motifs (C(OH)–C–C–N with tert-alkyl or cyclic N) is 1. The minimum absolute atomic E-state index is 0.102. The molecule has 0 atom stereocenters. The summed E-state index contributed by atoms with van der Waals surface area (Å²) in [5.74, 6) is -0.102. The van der Waals surface area contributed by atoms with Crippen molar-refractivity contribution in [2.75, 3.05) is 13.1 Å². The lowest BCUT2D eigenvalue weighted by molar-refractivity contribution is -0.0827. The predicted octanol–water partition coefficient (Wildman–Crippen LogP) is 1.83. The monoisotopic (exact) mass is 256 g/mol. The van der Waals surface area contributed by atoms with Crippen LogP contribution in [0.5, 0.6) is 0 Å². The fourth-order valence-corrected chi connectivity index (χ4v) is 2.47. The first-order valence-electron chi connectivity index (χ1n) is 6.48. The zero-order chi connectivity index (χ0) is 13.5. The molecule has 4 nitrogen and oxygen atoms in total. The molecule has 0 spiro atoms. The van der Waals surface area contributed by atoms with Crippen LogP contribution >= 0.6 is 0 Å². The number of nitrogens with zero attached hydrogens (tertiary/aromatic N) is 2. The predicted molar refractivity (Wildman–Crippen MR) is 72.9 cm³/mol. The molecule has 1 aliphatic heterocycles. The molecular weight excluding hydrogens is 240 g/mol. The van der Waals surface area contributed by atoms with E-state index in [1.165, 1.54) is 0 Å². The molecule has 98 valence electrons.